The van der Waals surface area contributed by atoms with Crippen molar-refractivity contribution in [2.75, 3.05) is 14.2 Å². The van der Waals surface area contributed by atoms with Crippen molar-refractivity contribution in [3.8, 4) is 6.07 Å². The fourth-order valence-corrected chi connectivity index (χ4v) is 1.29. The highest BCUT2D eigenvalue weighted by Gasteiger charge is 2.31. The van der Waals surface area contributed by atoms with Crippen LogP contribution in [0.25, 0.3) is 11.1 Å². The molecule has 1 N–H and O–H groups in total. The maximum Gasteiger partial charge on any atom is 0.441 e. The first-order valence-electron chi connectivity index (χ1n) is 7.62. The topological polar surface area (TPSA) is 221 Å². The van der Waals surface area contributed by atoms with Crippen molar-refractivity contribution in [1.29, 1.82) is 5.26 Å². The Hall–Kier alpha value is -3.84. The number of aliphatic hydroxyl groups is 1. The lowest BCUT2D eigenvalue weighted by atomic mass is 10.1. The van der Waals surface area contributed by atoms with Gasteiger partial charge in [0.1, 0.15) is 5.78 Å². The minimum Gasteiger partial charge on any atom is -0.460 e. The predicted molar refractivity (Wildman–Crippen MR) is 94.2 cm³/mol. The smallest absolute Gasteiger partial charge is 0.441 e. The molecule has 1 unspecified atom stereocenters. The van der Waals surface area contributed by atoms with E-state index >= 15 is 0 Å². The monoisotopic (exact) mass is 411 g/mol. The van der Waals surface area contributed by atoms with Gasteiger partial charge in [0.25, 0.3) is 11.6 Å². The van der Waals surface area contributed by atoms with Gasteiger partial charge in [-0.25, -0.2) is 9.59 Å². The summed E-state index contributed by atoms with van der Waals surface area (Å²) in [6, 6.07) is 1.75. The number of carbonyl (C=O) groups is 5. The quantitative estimate of drug-likeness (QED) is 0.171. The van der Waals surface area contributed by atoms with Crippen LogP contribution >= 0.6 is 0 Å². The number of hydrogen-bond acceptors (Lipinski definition) is 9. The second-order valence-electron chi connectivity index (χ2n) is 4.88. The number of methoxy groups -OCH3 is 2. The number of nitriles is 1. The van der Waals surface area contributed by atoms with Crippen LogP contribution in [0.2, 0.25) is 0 Å². The van der Waals surface area contributed by atoms with E-state index < -0.39 is 53.2 Å². The molecule has 13 nitrogen and oxygen atoms in total. The first-order chi connectivity index (χ1) is 13.5. The Morgan fingerprint density at radius 1 is 1.00 bits per heavy atom. The number of Topliss-reactive ketones (excluding diaryl/α,β-unsaturated/α-hetero) is 3. The third-order valence-electron chi connectivity index (χ3n) is 2.38. The maximum atomic E-state index is 11.0. The van der Waals surface area contributed by atoms with Gasteiger partial charge in [0.2, 0.25) is 0 Å². The normalized spacial score (nSPS) is 9.14. The molecule has 0 aromatic rings. The fourth-order valence-electron chi connectivity index (χ4n) is 1.29. The molecular formula is C16H21N5O8. The van der Waals surface area contributed by atoms with E-state index in [1.165, 1.54) is 20.8 Å². The molecule has 1 atom stereocenters. The highest BCUT2D eigenvalue weighted by Crippen LogP contribution is 1.94. The summed E-state index contributed by atoms with van der Waals surface area (Å²) in [5.74, 6) is -4.12. The van der Waals surface area contributed by atoms with Crippen LogP contribution < -0.4 is 0 Å². The number of esters is 2. The molecule has 158 valence electrons. The van der Waals surface area contributed by atoms with E-state index in [-0.39, 0.29) is 6.42 Å². The van der Waals surface area contributed by atoms with E-state index in [9.17, 15) is 24.0 Å². The maximum absolute atomic E-state index is 11.0. The Morgan fingerprint density at radius 3 is 1.59 bits per heavy atom. The lowest BCUT2D eigenvalue weighted by Crippen LogP contribution is -2.28. The van der Waals surface area contributed by atoms with Crippen LogP contribution in [-0.2, 0) is 33.4 Å². The SMILES string of the molecule is CC#N.COC(=O)C(=[N+]=[N-])C(=O)CC(C)=O.COC(=O)C(=[N+]=[N-])C(=O)CC(C)O. The average Bonchev–Trinajstić information content (AvgIpc) is 2.62. The van der Waals surface area contributed by atoms with Crippen molar-refractivity contribution in [2.24, 2.45) is 0 Å². The van der Waals surface area contributed by atoms with E-state index in [0.29, 0.717) is 0 Å². The lowest BCUT2D eigenvalue weighted by Gasteiger charge is -1.98. The molecule has 0 saturated carbocycles. The highest BCUT2D eigenvalue weighted by molar-refractivity contribution is 6.63. The van der Waals surface area contributed by atoms with Crippen LogP contribution in [-0.4, -0.2) is 75.7 Å². The summed E-state index contributed by atoms with van der Waals surface area (Å²) in [6.45, 7) is 3.99. The predicted octanol–water partition coefficient (Wildman–Crippen LogP) is -0.922. The van der Waals surface area contributed by atoms with Gasteiger partial charge in [-0.3, -0.25) is 14.4 Å². The Kier molecular flexibility index (Phi) is 18.1. The molecular weight excluding hydrogens is 390 g/mol. The van der Waals surface area contributed by atoms with Crippen LogP contribution in [0, 0.1) is 11.3 Å². The van der Waals surface area contributed by atoms with Gasteiger partial charge >= 0.3 is 23.4 Å². The van der Waals surface area contributed by atoms with Crippen LogP contribution in [0.5, 0.6) is 0 Å². The molecule has 0 heterocycles. The van der Waals surface area contributed by atoms with E-state index in [0.717, 1.165) is 14.2 Å². The molecule has 0 amide bonds. The van der Waals surface area contributed by atoms with Crippen LogP contribution in [0.1, 0.15) is 33.6 Å². The molecule has 13 heteroatoms. The van der Waals surface area contributed by atoms with Gasteiger partial charge in [0.15, 0.2) is 0 Å². The Bertz CT molecular complexity index is 769. The molecule has 0 aromatic heterocycles. The van der Waals surface area contributed by atoms with Crippen molar-refractivity contribution in [1.82, 2.24) is 0 Å². The average molecular weight is 411 g/mol. The van der Waals surface area contributed by atoms with Crippen LogP contribution in [0.3, 0.4) is 0 Å². The molecule has 0 saturated heterocycles. The van der Waals surface area contributed by atoms with Gasteiger partial charge in [-0.2, -0.15) is 14.8 Å². The standard InChI is InChI=1S/C7H10N2O4.C7H8N2O4.C2H3N/c2*1-4(10)3-5(11)6(9-8)7(12)13-2;1-2-3/h4,10H,3H2,1-2H3;3H2,1-2H3;1H3. The summed E-state index contributed by atoms with van der Waals surface area (Å²) in [5, 5.41) is 16.1. The third kappa shape index (κ3) is 15.0. The molecule has 29 heavy (non-hydrogen) atoms. The number of nitrogens with zero attached hydrogens (tertiary/aromatic N) is 5. The Labute approximate surface area is 166 Å². The van der Waals surface area contributed by atoms with Gasteiger partial charge in [0.05, 0.1) is 32.8 Å². The number of carbonyl (C=O) groups excluding carboxylic acids is 5. The molecule has 0 spiro atoms. The summed E-state index contributed by atoms with van der Waals surface area (Å²) in [5.41, 5.74) is 15.1. The first kappa shape index (κ1) is 29.9. The summed E-state index contributed by atoms with van der Waals surface area (Å²) >= 11 is 0. The molecule has 0 aliphatic carbocycles. The molecule has 0 aromatic carbocycles. The molecule has 0 radical (unpaired) electrons. The van der Waals surface area contributed by atoms with Gasteiger partial charge in [-0.1, -0.05) is 0 Å². The first-order valence-corrected chi connectivity index (χ1v) is 7.62. The van der Waals surface area contributed by atoms with E-state index in [1.807, 2.05) is 0 Å². The van der Waals surface area contributed by atoms with E-state index in [1.54, 1.807) is 6.07 Å². The zero-order valence-corrected chi connectivity index (χ0v) is 16.5. The van der Waals surface area contributed by atoms with Crippen molar-refractivity contribution in [3.05, 3.63) is 11.1 Å². The van der Waals surface area contributed by atoms with Gasteiger partial charge in [-0.05, 0) is 13.8 Å². The number of aliphatic hydroxyl groups excluding tert-OH is 1. The largest absolute Gasteiger partial charge is 0.460 e. The zero-order valence-electron chi connectivity index (χ0n) is 16.5. The zero-order chi connectivity index (χ0) is 23.6. The van der Waals surface area contributed by atoms with Gasteiger partial charge in [-0.15, -0.1) is 0 Å². The lowest BCUT2D eigenvalue weighted by molar-refractivity contribution is -0.141. The molecule has 0 aliphatic heterocycles. The highest BCUT2D eigenvalue weighted by atomic mass is 16.5. The van der Waals surface area contributed by atoms with Crippen LogP contribution in [0.15, 0.2) is 0 Å². The molecule has 0 aliphatic rings. The van der Waals surface area contributed by atoms with E-state index in [2.05, 4.69) is 19.1 Å². The second kappa shape index (κ2) is 17.6. The fraction of sp³-hybridized carbons (Fsp3) is 0.500. The molecule has 0 bridgehead atoms. The Balaban J connectivity index is -0.000000410. The number of rotatable bonds is 8. The van der Waals surface area contributed by atoms with E-state index in [4.69, 9.17) is 21.4 Å². The van der Waals surface area contributed by atoms with Crippen molar-refractivity contribution in [2.45, 2.75) is 39.7 Å². The summed E-state index contributed by atoms with van der Waals surface area (Å²) in [7, 11) is 2.09. The number of ether oxygens (including phenoxy) is 2. The second-order valence-corrected chi connectivity index (χ2v) is 4.88. The third-order valence-corrected chi connectivity index (χ3v) is 2.38. The Morgan fingerprint density at radius 2 is 1.34 bits per heavy atom. The van der Waals surface area contributed by atoms with Crippen LogP contribution in [0.4, 0.5) is 0 Å². The number of ketones is 3. The number of hydrogen-bond donors (Lipinski definition) is 1. The van der Waals surface area contributed by atoms with Crippen molar-refractivity contribution in [3.63, 3.8) is 0 Å². The molecule has 0 rings (SSSR count). The summed E-state index contributed by atoms with van der Waals surface area (Å²) < 4.78 is 8.32. The van der Waals surface area contributed by atoms with Gasteiger partial charge < -0.3 is 25.6 Å². The van der Waals surface area contributed by atoms with Crippen molar-refractivity contribution < 1.29 is 48.1 Å². The summed E-state index contributed by atoms with van der Waals surface area (Å²) in [6.07, 6.45) is -1.66. The van der Waals surface area contributed by atoms with Crippen molar-refractivity contribution >= 4 is 40.7 Å². The van der Waals surface area contributed by atoms with Gasteiger partial charge in [0, 0.05) is 13.3 Å². The summed E-state index contributed by atoms with van der Waals surface area (Å²) in [4.78, 5) is 58.9. The molecule has 0 fully saturated rings. The minimum atomic E-state index is -1.06. The minimum absolute atomic E-state index is 0.283.